The van der Waals surface area contributed by atoms with Crippen LogP contribution in [0.2, 0.25) is 5.02 Å². The molecule has 1 aromatic heterocycles. The summed E-state index contributed by atoms with van der Waals surface area (Å²) in [5.41, 5.74) is 1.47. The summed E-state index contributed by atoms with van der Waals surface area (Å²) < 4.78 is 10.5. The molecule has 0 unspecified atom stereocenters. The second kappa shape index (κ2) is 8.43. The van der Waals surface area contributed by atoms with E-state index in [0.29, 0.717) is 22.2 Å². The Morgan fingerprint density at radius 2 is 1.93 bits per heavy atom. The predicted octanol–water partition coefficient (Wildman–Crippen LogP) is 3.31. The lowest BCUT2D eigenvalue weighted by Crippen LogP contribution is -2.39. The zero-order valence-corrected chi connectivity index (χ0v) is 16.4. The lowest BCUT2D eigenvalue weighted by Gasteiger charge is -2.31. The number of amides is 1. The first-order valence-corrected chi connectivity index (χ1v) is 9.16. The Morgan fingerprint density at radius 1 is 1.22 bits per heavy atom. The van der Waals surface area contributed by atoms with Crippen molar-refractivity contribution in [1.82, 2.24) is 9.97 Å². The van der Waals surface area contributed by atoms with Gasteiger partial charge in [0.25, 0.3) is 0 Å². The predicted molar refractivity (Wildman–Crippen MR) is 105 cm³/mol. The first kappa shape index (κ1) is 19.2. The van der Waals surface area contributed by atoms with Gasteiger partial charge < -0.3 is 19.7 Å². The Kier molecular flexibility index (Phi) is 6.01. The van der Waals surface area contributed by atoms with Gasteiger partial charge in [-0.05, 0) is 31.9 Å². The van der Waals surface area contributed by atoms with E-state index in [4.69, 9.17) is 21.1 Å². The molecule has 144 valence electrons. The number of rotatable bonds is 5. The molecule has 1 aromatic carbocycles. The van der Waals surface area contributed by atoms with Crippen molar-refractivity contribution in [2.24, 2.45) is 5.92 Å². The lowest BCUT2D eigenvalue weighted by atomic mass is 9.96. The van der Waals surface area contributed by atoms with Crippen molar-refractivity contribution in [1.29, 1.82) is 0 Å². The number of nitrogens with zero attached hydrogens (tertiary/aromatic N) is 3. The summed E-state index contributed by atoms with van der Waals surface area (Å²) in [5, 5.41) is 3.35. The molecular formula is C19H23ClN4O3. The van der Waals surface area contributed by atoms with Crippen molar-refractivity contribution in [3.8, 4) is 11.5 Å². The van der Waals surface area contributed by atoms with Crippen LogP contribution in [0.3, 0.4) is 0 Å². The van der Waals surface area contributed by atoms with Crippen molar-refractivity contribution in [2.75, 3.05) is 37.5 Å². The van der Waals surface area contributed by atoms with Gasteiger partial charge in [0.05, 0.1) is 24.9 Å². The standard InChI is InChI=1S/C19H23ClN4O3/c1-12-4-7-21-19(22-12)24-8-5-13(6-9-24)18(25)23-15-10-14(20)16(26-2)11-17(15)27-3/h4,7,10-11,13H,5-6,8-9H2,1-3H3,(H,23,25). The van der Waals surface area contributed by atoms with Crippen molar-refractivity contribution in [3.05, 3.63) is 35.1 Å². The number of anilines is 2. The molecule has 1 N–H and O–H groups in total. The first-order chi connectivity index (χ1) is 13.0. The van der Waals surface area contributed by atoms with Crippen LogP contribution in [0.25, 0.3) is 0 Å². The highest BCUT2D eigenvalue weighted by Gasteiger charge is 2.27. The maximum atomic E-state index is 12.7. The largest absolute Gasteiger partial charge is 0.495 e. The molecule has 8 heteroatoms. The van der Waals surface area contributed by atoms with Gasteiger partial charge in [0, 0.05) is 37.0 Å². The summed E-state index contributed by atoms with van der Waals surface area (Å²) in [6.45, 7) is 3.42. The second-order valence-corrected chi connectivity index (χ2v) is 6.84. The third kappa shape index (κ3) is 4.42. The van der Waals surface area contributed by atoms with Crippen LogP contribution in [-0.2, 0) is 4.79 Å². The van der Waals surface area contributed by atoms with E-state index >= 15 is 0 Å². The molecular weight excluding hydrogens is 368 g/mol. The van der Waals surface area contributed by atoms with Crippen molar-refractivity contribution < 1.29 is 14.3 Å². The highest BCUT2D eigenvalue weighted by molar-refractivity contribution is 6.32. The van der Waals surface area contributed by atoms with Crippen LogP contribution in [0.4, 0.5) is 11.6 Å². The van der Waals surface area contributed by atoms with E-state index in [1.54, 1.807) is 25.4 Å². The van der Waals surface area contributed by atoms with Gasteiger partial charge in [0.15, 0.2) is 0 Å². The van der Waals surface area contributed by atoms with E-state index in [1.165, 1.54) is 7.11 Å². The molecule has 0 spiro atoms. The molecule has 1 aliphatic rings. The van der Waals surface area contributed by atoms with Crippen LogP contribution in [0.15, 0.2) is 24.4 Å². The van der Waals surface area contributed by atoms with E-state index in [-0.39, 0.29) is 11.8 Å². The summed E-state index contributed by atoms with van der Waals surface area (Å²) in [5.74, 6) is 1.60. The molecule has 0 atom stereocenters. The molecule has 2 heterocycles. The fourth-order valence-electron chi connectivity index (χ4n) is 3.12. The molecule has 0 radical (unpaired) electrons. The number of piperidine rings is 1. The average Bonchev–Trinajstić information content (AvgIpc) is 2.68. The maximum Gasteiger partial charge on any atom is 0.227 e. The highest BCUT2D eigenvalue weighted by atomic mass is 35.5. The zero-order valence-electron chi connectivity index (χ0n) is 15.7. The van der Waals surface area contributed by atoms with Gasteiger partial charge in [0.2, 0.25) is 11.9 Å². The summed E-state index contributed by atoms with van der Waals surface area (Å²) in [4.78, 5) is 23.6. The molecule has 7 nitrogen and oxygen atoms in total. The van der Waals surface area contributed by atoms with E-state index in [2.05, 4.69) is 20.2 Å². The van der Waals surface area contributed by atoms with Crippen molar-refractivity contribution in [3.63, 3.8) is 0 Å². The number of aryl methyl sites for hydroxylation is 1. The molecule has 2 aromatic rings. The maximum absolute atomic E-state index is 12.7. The number of aromatic nitrogens is 2. The Hall–Kier alpha value is -2.54. The van der Waals surface area contributed by atoms with Gasteiger partial charge in [-0.25, -0.2) is 9.97 Å². The summed E-state index contributed by atoms with van der Waals surface area (Å²) >= 11 is 6.17. The number of carbonyl (C=O) groups excluding carboxylic acids is 1. The van der Waals surface area contributed by atoms with Crippen molar-refractivity contribution in [2.45, 2.75) is 19.8 Å². The van der Waals surface area contributed by atoms with Gasteiger partial charge in [0.1, 0.15) is 11.5 Å². The molecule has 0 saturated carbocycles. The minimum absolute atomic E-state index is 0.0423. The highest BCUT2D eigenvalue weighted by Crippen LogP contribution is 2.36. The van der Waals surface area contributed by atoms with Gasteiger partial charge in [-0.2, -0.15) is 0 Å². The number of halogens is 1. The zero-order chi connectivity index (χ0) is 19.4. The van der Waals surface area contributed by atoms with Crippen LogP contribution in [0.5, 0.6) is 11.5 Å². The number of hydrogen-bond donors (Lipinski definition) is 1. The molecule has 1 fully saturated rings. The Labute approximate surface area is 163 Å². The Balaban J connectivity index is 1.64. The van der Waals surface area contributed by atoms with E-state index < -0.39 is 0 Å². The number of hydrogen-bond acceptors (Lipinski definition) is 6. The monoisotopic (exact) mass is 390 g/mol. The number of carbonyl (C=O) groups is 1. The first-order valence-electron chi connectivity index (χ1n) is 8.78. The molecule has 0 bridgehead atoms. The normalized spacial score (nSPS) is 14.7. The third-order valence-electron chi connectivity index (χ3n) is 4.66. The van der Waals surface area contributed by atoms with Crippen LogP contribution >= 0.6 is 11.6 Å². The van der Waals surface area contributed by atoms with Gasteiger partial charge in [-0.15, -0.1) is 0 Å². The molecule has 27 heavy (non-hydrogen) atoms. The van der Waals surface area contributed by atoms with E-state index in [0.717, 1.165) is 37.6 Å². The molecule has 1 aliphatic heterocycles. The van der Waals surface area contributed by atoms with E-state index in [1.807, 2.05) is 13.0 Å². The second-order valence-electron chi connectivity index (χ2n) is 6.44. The average molecular weight is 391 g/mol. The molecule has 0 aliphatic carbocycles. The summed E-state index contributed by atoms with van der Waals surface area (Å²) in [7, 11) is 3.07. The molecule has 1 saturated heterocycles. The molecule has 3 rings (SSSR count). The van der Waals surface area contributed by atoms with Gasteiger partial charge in [-0.3, -0.25) is 4.79 Å². The van der Waals surface area contributed by atoms with E-state index in [9.17, 15) is 4.79 Å². The number of nitrogens with one attached hydrogen (secondary N) is 1. The molecule has 1 amide bonds. The number of benzene rings is 1. The third-order valence-corrected chi connectivity index (χ3v) is 4.96. The van der Waals surface area contributed by atoms with Gasteiger partial charge in [-0.1, -0.05) is 11.6 Å². The fraction of sp³-hybridized carbons (Fsp3) is 0.421. The lowest BCUT2D eigenvalue weighted by molar-refractivity contribution is -0.120. The summed E-state index contributed by atoms with van der Waals surface area (Å²) in [6.07, 6.45) is 3.22. The number of methoxy groups -OCH3 is 2. The Morgan fingerprint density at radius 3 is 2.56 bits per heavy atom. The van der Waals surface area contributed by atoms with Gasteiger partial charge >= 0.3 is 0 Å². The Bertz CT molecular complexity index is 823. The van der Waals surface area contributed by atoms with Crippen LogP contribution < -0.4 is 19.7 Å². The number of ether oxygens (including phenoxy) is 2. The SMILES string of the molecule is COc1cc(OC)c(NC(=O)C2CCN(c3nccc(C)n3)CC2)cc1Cl. The smallest absolute Gasteiger partial charge is 0.227 e. The topological polar surface area (TPSA) is 76.6 Å². The van der Waals surface area contributed by atoms with Crippen LogP contribution in [-0.4, -0.2) is 43.2 Å². The minimum Gasteiger partial charge on any atom is -0.495 e. The minimum atomic E-state index is -0.0864. The van der Waals surface area contributed by atoms with Crippen LogP contribution in [0, 0.1) is 12.8 Å². The quantitative estimate of drug-likeness (QED) is 0.844. The fourth-order valence-corrected chi connectivity index (χ4v) is 3.36. The van der Waals surface area contributed by atoms with Crippen LogP contribution in [0.1, 0.15) is 18.5 Å². The van der Waals surface area contributed by atoms with Crippen molar-refractivity contribution >= 4 is 29.1 Å². The summed E-state index contributed by atoms with van der Waals surface area (Å²) in [6, 6.07) is 5.18.